The van der Waals surface area contributed by atoms with Gasteiger partial charge in [0.1, 0.15) is 0 Å². The second-order valence-corrected chi connectivity index (χ2v) is 7.09. The molecular formula is C16H17BrClNS. The van der Waals surface area contributed by atoms with Crippen molar-refractivity contribution in [1.82, 2.24) is 0 Å². The summed E-state index contributed by atoms with van der Waals surface area (Å²) in [5.41, 5.74) is 7.23. The highest BCUT2D eigenvalue weighted by atomic mass is 79.9. The first-order valence-electron chi connectivity index (χ1n) is 6.56. The third kappa shape index (κ3) is 4.26. The Morgan fingerprint density at radius 1 is 1.25 bits per heavy atom. The lowest BCUT2D eigenvalue weighted by Gasteiger charge is -2.15. The summed E-state index contributed by atoms with van der Waals surface area (Å²) in [4.78, 5) is 2.37. The summed E-state index contributed by atoms with van der Waals surface area (Å²) in [6.45, 7) is 2.10. The van der Waals surface area contributed by atoms with Crippen LogP contribution in [-0.4, -0.2) is 6.04 Å². The number of nitrogens with two attached hydrogens (primary N) is 1. The molecule has 0 radical (unpaired) electrons. The summed E-state index contributed by atoms with van der Waals surface area (Å²) in [6, 6.07) is 14.4. The Balaban J connectivity index is 2.29. The molecule has 1 unspecified atom stereocenters. The van der Waals surface area contributed by atoms with Crippen molar-refractivity contribution >= 4 is 39.3 Å². The van der Waals surface area contributed by atoms with Crippen LogP contribution in [-0.2, 0) is 6.42 Å². The molecule has 0 saturated carbocycles. The first-order chi connectivity index (χ1) is 9.60. The van der Waals surface area contributed by atoms with Gasteiger partial charge in [-0.05, 0) is 48.7 Å². The molecule has 2 aromatic carbocycles. The van der Waals surface area contributed by atoms with Crippen LogP contribution in [0.3, 0.4) is 0 Å². The second-order valence-electron chi connectivity index (χ2n) is 4.65. The van der Waals surface area contributed by atoms with Gasteiger partial charge in [-0.2, -0.15) is 0 Å². The predicted molar refractivity (Wildman–Crippen MR) is 91.7 cm³/mol. The first kappa shape index (κ1) is 15.9. The molecule has 0 aromatic heterocycles. The van der Waals surface area contributed by atoms with E-state index in [-0.39, 0.29) is 6.04 Å². The van der Waals surface area contributed by atoms with Crippen LogP contribution in [0.1, 0.15) is 18.9 Å². The number of halogens is 2. The summed E-state index contributed by atoms with van der Waals surface area (Å²) in [5.74, 6) is 0. The Morgan fingerprint density at radius 3 is 2.70 bits per heavy atom. The molecule has 2 rings (SSSR count). The zero-order valence-electron chi connectivity index (χ0n) is 11.3. The van der Waals surface area contributed by atoms with E-state index in [1.807, 2.05) is 24.3 Å². The lowest BCUT2D eigenvalue weighted by atomic mass is 10.0. The zero-order chi connectivity index (χ0) is 14.5. The Kier molecular flexibility index (Phi) is 5.97. The van der Waals surface area contributed by atoms with Crippen molar-refractivity contribution < 1.29 is 0 Å². The monoisotopic (exact) mass is 369 g/mol. The highest BCUT2D eigenvalue weighted by molar-refractivity contribution is 9.10. The number of hydrogen-bond donors (Lipinski definition) is 1. The fourth-order valence-corrected chi connectivity index (χ4v) is 3.80. The van der Waals surface area contributed by atoms with E-state index >= 15 is 0 Å². The number of benzene rings is 2. The zero-order valence-corrected chi connectivity index (χ0v) is 14.4. The Labute approximate surface area is 138 Å². The van der Waals surface area contributed by atoms with Crippen molar-refractivity contribution in [2.75, 3.05) is 0 Å². The quantitative estimate of drug-likeness (QED) is 0.748. The summed E-state index contributed by atoms with van der Waals surface area (Å²) in [7, 11) is 0. The van der Waals surface area contributed by atoms with Crippen LogP contribution in [0.4, 0.5) is 0 Å². The van der Waals surface area contributed by atoms with Gasteiger partial charge < -0.3 is 5.73 Å². The van der Waals surface area contributed by atoms with Gasteiger partial charge in [0.15, 0.2) is 0 Å². The van der Waals surface area contributed by atoms with Crippen LogP contribution in [0.15, 0.2) is 56.7 Å². The van der Waals surface area contributed by atoms with Crippen LogP contribution >= 0.6 is 39.3 Å². The molecule has 2 N–H and O–H groups in total. The van der Waals surface area contributed by atoms with Gasteiger partial charge in [-0.3, -0.25) is 0 Å². The molecular weight excluding hydrogens is 354 g/mol. The molecule has 0 saturated heterocycles. The summed E-state index contributed by atoms with van der Waals surface area (Å²) >= 11 is 11.6. The number of hydrogen-bond acceptors (Lipinski definition) is 2. The summed E-state index contributed by atoms with van der Waals surface area (Å²) in [6.07, 6.45) is 1.76. The third-order valence-electron chi connectivity index (χ3n) is 3.09. The Bertz CT molecular complexity index is 588. The molecule has 0 aliphatic rings. The van der Waals surface area contributed by atoms with E-state index in [9.17, 15) is 0 Å². The molecule has 1 atom stereocenters. The smallest absolute Gasteiger partial charge is 0.0449 e. The van der Waals surface area contributed by atoms with Gasteiger partial charge in [0, 0.05) is 25.3 Å². The van der Waals surface area contributed by atoms with Gasteiger partial charge in [-0.25, -0.2) is 0 Å². The van der Waals surface area contributed by atoms with E-state index in [0.717, 1.165) is 27.9 Å². The molecule has 0 bridgehead atoms. The molecule has 0 fully saturated rings. The minimum absolute atomic E-state index is 0.150. The maximum Gasteiger partial charge on any atom is 0.0449 e. The first-order valence-corrected chi connectivity index (χ1v) is 8.55. The highest BCUT2D eigenvalue weighted by Gasteiger charge is 2.12. The van der Waals surface area contributed by atoms with E-state index in [1.54, 1.807) is 11.8 Å². The van der Waals surface area contributed by atoms with Gasteiger partial charge in [-0.15, -0.1) is 0 Å². The van der Waals surface area contributed by atoms with Crippen LogP contribution in [0.2, 0.25) is 5.02 Å². The molecule has 20 heavy (non-hydrogen) atoms. The van der Waals surface area contributed by atoms with E-state index in [2.05, 4.69) is 41.1 Å². The molecule has 106 valence electrons. The van der Waals surface area contributed by atoms with Gasteiger partial charge >= 0.3 is 0 Å². The normalized spacial score (nSPS) is 12.4. The van der Waals surface area contributed by atoms with E-state index in [4.69, 9.17) is 17.3 Å². The molecule has 0 spiro atoms. The van der Waals surface area contributed by atoms with E-state index in [1.165, 1.54) is 9.79 Å². The van der Waals surface area contributed by atoms with Gasteiger partial charge in [0.2, 0.25) is 0 Å². The maximum absolute atomic E-state index is 6.35. The molecule has 0 aliphatic carbocycles. The molecule has 1 nitrogen and oxygen atoms in total. The molecule has 0 amide bonds. The average molecular weight is 371 g/mol. The van der Waals surface area contributed by atoms with Crippen molar-refractivity contribution in [1.29, 1.82) is 0 Å². The van der Waals surface area contributed by atoms with E-state index in [0.29, 0.717) is 0 Å². The van der Waals surface area contributed by atoms with Crippen LogP contribution < -0.4 is 5.73 Å². The minimum atomic E-state index is 0.150. The maximum atomic E-state index is 6.35. The molecule has 0 heterocycles. The fraction of sp³-hybridized carbons (Fsp3) is 0.250. The predicted octanol–water partition coefficient (Wildman–Crippen LogP) is 5.53. The van der Waals surface area contributed by atoms with Crippen molar-refractivity contribution in [3.63, 3.8) is 0 Å². The van der Waals surface area contributed by atoms with Gasteiger partial charge in [-0.1, -0.05) is 58.3 Å². The van der Waals surface area contributed by atoms with Crippen LogP contribution in [0.25, 0.3) is 0 Å². The molecule has 2 aromatic rings. The van der Waals surface area contributed by atoms with Crippen LogP contribution in [0, 0.1) is 0 Å². The standard InChI is InChI=1S/C16H17BrClNS/c1-2-12(19)10-14-15(18)7-4-8-16(14)20-13-6-3-5-11(17)9-13/h3-9,12H,2,10,19H2,1H3. The molecule has 4 heteroatoms. The molecule has 0 aliphatic heterocycles. The highest BCUT2D eigenvalue weighted by Crippen LogP contribution is 2.35. The lowest BCUT2D eigenvalue weighted by Crippen LogP contribution is -2.21. The van der Waals surface area contributed by atoms with Crippen LogP contribution in [0.5, 0.6) is 0 Å². The van der Waals surface area contributed by atoms with Gasteiger partial charge in [0.05, 0.1) is 0 Å². The SMILES string of the molecule is CCC(N)Cc1c(Cl)cccc1Sc1cccc(Br)c1. The lowest BCUT2D eigenvalue weighted by molar-refractivity contribution is 0.641. The van der Waals surface area contributed by atoms with Crippen molar-refractivity contribution in [2.45, 2.75) is 35.6 Å². The Hall–Kier alpha value is -0.480. The Morgan fingerprint density at radius 2 is 2.00 bits per heavy atom. The number of rotatable bonds is 5. The minimum Gasteiger partial charge on any atom is -0.327 e. The summed E-state index contributed by atoms with van der Waals surface area (Å²) in [5, 5.41) is 0.800. The topological polar surface area (TPSA) is 26.0 Å². The largest absolute Gasteiger partial charge is 0.327 e. The fourth-order valence-electron chi connectivity index (χ4n) is 1.90. The van der Waals surface area contributed by atoms with E-state index < -0.39 is 0 Å². The summed E-state index contributed by atoms with van der Waals surface area (Å²) < 4.78 is 1.08. The third-order valence-corrected chi connectivity index (χ3v) is 5.03. The van der Waals surface area contributed by atoms with Crippen molar-refractivity contribution in [3.05, 3.63) is 57.5 Å². The van der Waals surface area contributed by atoms with Crippen molar-refractivity contribution in [2.24, 2.45) is 5.73 Å². The second kappa shape index (κ2) is 7.51. The van der Waals surface area contributed by atoms with Crippen molar-refractivity contribution in [3.8, 4) is 0 Å². The van der Waals surface area contributed by atoms with Gasteiger partial charge in [0.25, 0.3) is 0 Å². The average Bonchev–Trinajstić information content (AvgIpc) is 2.42.